The van der Waals surface area contributed by atoms with Gasteiger partial charge in [0.05, 0.1) is 16.7 Å². The van der Waals surface area contributed by atoms with Crippen molar-refractivity contribution in [3.05, 3.63) is 22.8 Å². The van der Waals surface area contributed by atoms with Gasteiger partial charge in [-0.15, -0.1) is 0 Å². The van der Waals surface area contributed by atoms with E-state index in [4.69, 9.17) is 16.7 Å². The van der Waals surface area contributed by atoms with Crippen molar-refractivity contribution in [3.63, 3.8) is 0 Å². The molecule has 2 aliphatic rings. The van der Waals surface area contributed by atoms with E-state index in [-0.39, 0.29) is 23.1 Å². The molecule has 0 bridgehead atoms. The number of carboxylic acids is 1. The molecule has 1 aromatic rings. The zero-order valence-corrected chi connectivity index (χ0v) is 11.0. The molecule has 1 heterocycles. The lowest BCUT2D eigenvalue weighted by Crippen LogP contribution is -2.63. The van der Waals surface area contributed by atoms with Crippen LogP contribution in [0.5, 0.6) is 0 Å². The van der Waals surface area contributed by atoms with E-state index in [9.17, 15) is 9.90 Å². The lowest BCUT2D eigenvalue weighted by atomic mass is 9.51. The van der Waals surface area contributed by atoms with E-state index in [1.165, 1.54) is 12.3 Å². The van der Waals surface area contributed by atoms with Crippen molar-refractivity contribution in [1.82, 2.24) is 4.98 Å². The Morgan fingerprint density at radius 3 is 2.74 bits per heavy atom. The molecule has 1 spiro atoms. The summed E-state index contributed by atoms with van der Waals surface area (Å²) in [4.78, 5) is 14.9. The van der Waals surface area contributed by atoms with Gasteiger partial charge in [0.2, 0.25) is 0 Å². The minimum absolute atomic E-state index is 0.0174. The van der Waals surface area contributed by atoms with E-state index >= 15 is 0 Å². The predicted octanol–water partition coefficient (Wildman–Crippen LogP) is 2.15. The van der Waals surface area contributed by atoms with E-state index < -0.39 is 5.97 Å². The maximum absolute atomic E-state index is 10.8. The number of hydrogen-bond donors (Lipinski definition) is 3. The SMILES string of the molecule is O=C(O)c1cnc(NC2CC(O)C23CCC3)c(Cl)c1. The molecule has 102 valence electrons. The van der Waals surface area contributed by atoms with Gasteiger partial charge in [0, 0.05) is 17.7 Å². The Morgan fingerprint density at radius 2 is 2.26 bits per heavy atom. The summed E-state index contributed by atoms with van der Waals surface area (Å²) in [5.74, 6) is -0.551. The Balaban J connectivity index is 1.76. The second kappa shape index (κ2) is 4.35. The average molecular weight is 283 g/mol. The molecule has 2 atom stereocenters. The fraction of sp³-hybridized carbons (Fsp3) is 0.538. The van der Waals surface area contributed by atoms with Crippen LogP contribution in [0.2, 0.25) is 5.02 Å². The number of pyridine rings is 1. The number of carbonyl (C=O) groups is 1. The highest BCUT2D eigenvalue weighted by molar-refractivity contribution is 6.33. The van der Waals surface area contributed by atoms with E-state index in [0.717, 1.165) is 19.3 Å². The Morgan fingerprint density at radius 1 is 1.53 bits per heavy atom. The Hall–Kier alpha value is -1.33. The largest absolute Gasteiger partial charge is 0.478 e. The van der Waals surface area contributed by atoms with Crippen LogP contribution in [0, 0.1) is 5.41 Å². The number of aliphatic hydroxyl groups is 1. The van der Waals surface area contributed by atoms with Crippen molar-refractivity contribution >= 4 is 23.4 Å². The first-order valence-electron chi connectivity index (χ1n) is 6.36. The first-order chi connectivity index (χ1) is 9.03. The van der Waals surface area contributed by atoms with Crippen molar-refractivity contribution < 1.29 is 15.0 Å². The Bertz CT molecular complexity index is 531. The number of aromatic carboxylic acids is 1. The maximum Gasteiger partial charge on any atom is 0.337 e. The second-order valence-electron chi connectivity index (χ2n) is 5.39. The van der Waals surface area contributed by atoms with E-state index in [2.05, 4.69) is 10.3 Å². The van der Waals surface area contributed by atoms with Gasteiger partial charge in [0.15, 0.2) is 0 Å². The van der Waals surface area contributed by atoms with Gasteiger partial charge in [-0.1, -0.05) is 18.0 Å². The summed E-state index contributed by atoms with van der Waals surface area (Å²) in [7, 11) is 0. The van der Waals surface area contributed by atoms with Gasteiger partial charge in [-0.25, -0.2) is 9.78 Å². The average Bonchev–Trinajstić information content (AvgIpc) is 2.28. The van der Waals surface area contributed by atoms with Crippen LogP contribution in [0.25, 0.3) is 0 Å². The van der Waals surface area contributed by atoms with Crippen molar-refractivity contribution in [2.24, 2.45) is 5.41 Å². The third-order valence-electron chi connectivity index (χ3n) is 4.50. The fourth-order valence-corrected chi connectivity index (χ4v) is 3.28. The molecule has 0 aromatic carbocycles. The number of nitrogens with one attached hydrogen (secondary N) is 1. The van der Waals surface area contributed by atoms with Crippen LogP contribution in [0.1, 0.15) is 36.0 Å². The maximum atomic E-state index is 10.8. The highest BCUT2D eigenvalue weighted by atomic mass is 35.5. The number of carboxylic acid groups (broad SMARTS) is 1. The summed E-state index contributed by atoms with van der Waals surface area (Å²) < 4.78 is 0. The highest BCUT2D eigenvalue weighted by Gasteiger charge is 2.57. The molecule has 1 aromatic heterocycles. The van der Waals surface area contributed by atoms with Gasteiger partial charge in [0.25, 0.3) is 0 Å². The summed E-state index contributed by atoms with van der Waals surface area (Å²) >= 11 is 6.04. The first-order valence-corrected chi connectivity index (χ1v) is 6.74. The van der Waals surface area contributed by atoms with Crippen LogP contribution < -0.4 is 5.32 Å². The third kappa shape index (κ3) is 1.88. The standard InChI is InChI=1S/C13H15ClN2O3/c14-8-4-7(12(18)19)6-15-11(8)16-9-5-10(17)13(9)2-1-3-13/h4,6,9-10,17H,1-3,5H2,(H,15,16)(H,18,19). The van der Waals surface area contributed by atoms with Crippen LogP contribution in [-0.2, 0) is 0 Å². The summed E-state index contributed by atoms with van der Waals surface area (Å²) in [5.41, 5.74) is 0.0544. The van der Waals surface area contributed by atoms with Crippen molar-refractivity contribution in [1.29, 1.82) is 0 Å². The minimum Gasteiger partial charge on any atom is -0.478 e. The summed E-state index contributed by atoms with van der Waals surface area (Å²) in [6.45, 7) is 0. The number of anilines is 1. The molecule has 0 saturated heterocycles. The van der Waals surface area contributed by atoms with Crippen LogP contribution in [0.3, 0.4) is 0 Å². The van der Waals surface area contributed by atoms with Gasteiger partial charge in [-0.05, 0) is 25.3 Å². The van der Waals surface area contributed by atoms with Gasteiger partial charge >= 0.3 is 5.97 Å². The van der Waals surface area contributed by atoms with E-state index in [0.29, 0.717) is 17.3 Å². The van der Waals surface area contributed by atoms with E-state index in [1.54, 1.807) is 0 Å². The molecular weight excluding hydrogens is 268 g/mol. The molecule has 2 saturated carbocycles. The van der Waals surface area contributed by atoms with Gasteiger partial charge in [-0.3, -0.25) is 0 Å². The molecule has 2 aliphatic carbocycles. The van der Waals surface area contributed by atoms with Crippen LogP contribution in [0.15, 0.2) is 12.3 Å². The molecule has 0 aliphatic heterocycles. The molecule has 3 N–H and O–H groups in total. The molecular formula is C13H15ClN2O3. The summed E-state index contributed by atoms with van der Waals surface area (Å²) in [6, 6.07) is 1.57. The molecule has 0 amide bonds. The Kier molecular flexibility index (Phi) is 2.91. The molecule has 2 unspecified atom stereocenters. The summed E-state index contributed by atoms with van der Waals surface area (Å²) in [6.07, 6.45) is 4.94. The van der Waals surface area contributed by atoms with Crippen molar-refractivity contribution in [2.75, 3.05) is 5.32 Å². The van der Waals surface area contributed by atoms with Gasteiger partial charge < -0.3 is 15.5 Å². The molecule has 6 heteroatoms. The monoisotopic (exact) mass is 282 g/mol. The molecule has 3 rings (SSSR count). The molecule has 5 nitrogen and oxygen atoms in total. The quantitative estimate of drug-likeness (QED) is 0.791. The second-order valence-corrected chi connectivity index (χ2v) is 5.80. The lowest BCUT2D eigenvalue weighted by molar-refractivity contribution is -0.126. The minimum atomic E-state index is -1.05. The lowest BCUT2D eigenvalue weighted by Gasteiger charge is -2.59. The first kappa shape index (κ1) is 12.7. The zero-order valence-electron chi connectivity index (χ0n) is 10.3. The van der Waals surface area contributed by atoms with Crippen LogP contribution in [0.4, 0.5) is 5.82 Å². The number of rotatable bonds is 3. The Labute approximate surface area is 115 Å². The van der Waals surface area contributed by atoms with E-state index in [1.807, 2.05) is 0 Å². The molecule has 2 fully saturated rings. The number of nitrogens with zero attached hydrogens (tertiary/aromatic N) is 1. The predicted molar refractivity (Wildman–Crippen MR) is 70.5 cm³/mol. The van der Waals surface area contributed by atoms with Crippen molar-refractivity contribution in [2.45, 2.75) is 37.8 Å². The number of aliphatic hydroxyl groups excluding tert-OH is 1. The van der Waals surface area contributed by atoms with Gasteiger partial charge in [0.1, 0.15) is 5.82 Å². The number of hydrogen-bond acceptors (Lipinski definition) is 4. The smallest absolute Gasteiger partial charge is 0.337 e. The third-order valence-corrected chi connectivity index (χ3v) is 4.79. The summed E-state index contributed by atoms with van der Waals surface area (Å²) in [5, 5.41) is 22.3. The topological polar surface area (TPSA) is 82.5 Å². The number of halogens is 1. The van der Waals surface area contributed by atoms with Gasteiger partial charge in [-0.2, -0.15) is 0 Å². The molecule has 19 heavy (non-hydrogen) atoms. The molecule has 0 radical (unpaired) electrons. The zero-order chi connectivity index (χ0) is 13.6. The van der Waals surface area contributed by atoms with Crippen LogP contribution in [-0.4, -0.2) is 33.3 Å². The number of aromatic nitrogens is 1. The highest BCUT2D eigenvalue weighted by Crippen LogP contribution is 2.56. The normalized spacial score (nSPS) is 27.5. The van der Waals surface area contributed by atoms with Crippen molar-refractivity contribution in [3.8, 4) is 0 Å². The fourth-order valence-electron chi connectivity index (χ4n) is 3.06. The van der Waals surface area contributed by atoms with Crippen LogP contribution >= 0.6 is 11.6 Å².